The van der Waals surface area contributed by atoms with Crippen molar-refractivity contribution in [1.82, 2.24) is 10.2 Å². The fraction of sp³-hybridized carbons (Fsp3) is 0.588. The largest absolute Gasteiger partial charge is 0.491 e. The van der Waals surface area contributed by atoms with E-state index in [-0.39, 0.29) is 18.1 Å². The lowest BCUT2D eigenvalue weighted by molar-refractivity contribution is 0.0649. The highest BCUT2D eigenvalue weighted by Gasteiger charge is 2.24. The van der Waals surface area contributed by atoms with Gasteiger partial charge in [0.1, 0.15) is 12.4 Å². The van der Waals surface area contributed by atoms with Gasteiger partial charge in [0, 0.05) is 37.8 Å². The summed E-state index contributed by atoms with van der Waals surface area (Å²) in [6.45, 7) is 5.91. The Balaban J connectivity index is 1.63. The van der Waals surface area contributed by atoms with E-state index >= 15 is 0 Å². The summed E-state index contributed by atoms with van der Waals surface area (Å²) in [5.41, 5.74) is 0.693. The van der Waals surface area contributed by atoms with Crippen molar-refractivity contribution >= 4 is 5.91 Å². The fourth-order valence-corrected chi connectivity index (χ4v) is 2.99. The molecule has 120 valence electrons. The zero-order valence-corrected chi connectivity index (χ0v) is 13.1. The summed E-state index contributed by atoms with van der Waals surface area (Å²) in [5, 5.41) is 3.30. The third-order valence-corrected chi connectivity index (χ3v) is 4.30. The van der Waals surface area contributed by atoms with Gasteiger partial charge in [-0.2, -0.15) is 0 Å². The summed E-state index contributed by atoms with van der Waals surface area (Å²) in [4.78, 5) is 14.6. The maximum absolute atomic E-state index is 12.6. The molecule has 1 N–H and O–H groups in total. The quantitative estimate of drug-likeness (QED) is 0.919. The standard InChI is InChI=1S/C17H24N2O3/c1-13-11-18-7-8-19(13)17(20)14-4-2-5-15(10-14)22-12-16-6-3-9-21-16/h2,4-5,10,13,16,18H,3,6-9,11-12H2,1H3. The highest BCUT2D eigenvalue weighted by atomic mass is 16.5. The number of rotatable bonds is 4. The number of benzene rings is 1. The van der Waals surface area contributed by atoms with Crippen LogP contribution in [-0.4, -0.2) is 55.8 Å². The van der Waals surface area contributed by atoms with Crippen molar-refractivity contribution in [3.8, 4) is 5.75 Å². The summed E-state index contributed by atoms with van der Waals surface area (Å²) in [6, 6.07) is 7.69. The molecule has 3 rings (SSSR count). The molecule has 2 atom stereocenters. The van der Waals surface area contributed by atoms with Crippen LogP contribution in [0.15, 0.2) is 24.3 Å². The van der Waals surface area contributed by atoms with Crippen molar-refractivity contribution in [2.75, 3.05) is 32.8 Å². The molecule has 0 saturated carbocycles. The third-order valence-electron chi connectivity index (χ3n) is 4.30. The highest BCUT2D eigenvalue weighted by molar-refractivity contribution is 5.94. The minimum absolute atomic E-state index is 0.0802. The summed E-state index contributed by atoms with van der Waals surface area (Å²) in [5.74, 6) is 0.820. The average molecular weight is 304 g/mol. The van der Waals surface area contributed by atoms with Crippen LogP contribution in [0.25, 0.3) is 0 Å². The number of carbonyl (C=O) groups is 1. The van der Waals surface area contributed by atoms with Crippen LogP contribution in [0.3, 0.4) is 0 Å². The molecule has 0 bridgehead atoms. The first-order valence-corrected chi connectivity index (χ1v) is 8.10. The molecule has 5 nitrogen and oxygen atoms in total. The van der Waals surface area contributed by atoms with Gasteiger partial charge in [-0.1, -0.05) is 6.07 Å². The summed E-state index contributed by atoms with van der Waals surface area (Å²) < 4.78 is 11.3. The number of piperazine rings is 1. The summed E-state index contributed by atoms with van der Waals surface area (Å²) in [6.07, 6.45) is 2.34. The van der Waals surface area contributed by atoms with Crippen LogP contribution in [0.2, 0.25) is 0 Å². The Morgan fingerprint density at radius 1 is 1.50 bits per heavy atom. The van der Waals surface area contributed by atoms with Crippen molar-refractivity contribution in [2.45, 2.75) is 31.9 Å². The first-order chi connectivity index (χ1) is 10.7. The van der Waals surface area contributed by atoms with Crippen LogP contribution in [-0.2, 0) is 4.74 Å². The number of ether oxygens (including phenoxy) is 2. The molecule has 2 unspecified atom stereocenters. The number of amides is 1. The van der Waals surface area contributed by atoms with E-state index in [9.17, 15) is 4.79 Å². The van der Waals surface area contributed by atoms with Gasteiger partial charge >= 0.3 is 0 Å². The molecule has 2 aliphatic rings. The Bertz CT molecular complexity index is 514. The zero-order valence-electron chi connectivity index (χ0n) is 13.1. The maximum Gasteiger partial charge on any atom is 0.254 e. The summed E-state index contributed by atoms with van der Waals surface area (Å²) >= 11 is 0. The lowest BCUT2D eigenvalue weighted by Crippen LogP contribution is -2.52. The smallest absolute Gasteiger partial charge is 0.254 e. The van der Waals surface area contributed by atoms with Gasteiger partial charge in [0.15, 0.2) is 0 Å². The summed E-state index contributed by atoms with van der Waals surface area (Å²) in [7, 11) is 0. The van der Waals surface area contributed by atoms with E-state index in [1.54, 1.807) is 0 Å². The molecule has 2 aliphatic heterocycles. The monoisotopic (exact) mass is 304 g/mol. The Kier molecular flexibility index (Phi) is 4.95. The van der Waals surface area contributed by atoms with Crippen molar-refractivity contribution in [2.24, 2.45) is 0 Å². The Morgan fingerprint density at radius 2 is 2.41 bits per heavy atom. The van der Waals surface area contributed by atoms with Gasteiger partial charge in [0.2, 0.25) is 0 Å². The molecular formula is C17H24N2O3. The number of hydrogen-bond donors (Lipinski definition) is 1. The number of nitrogens with one attached hydrogen (secondary N) is 1. The van der Waals surface area contributed by atoms with Crippen molar-refractivity contribution in [3.63, 3.8) is 0 Å². The minimum atomic E-state index is 0.0802. The van der Waals surface area contributed by atoms with E-state index in [1.807, 2.05) is 29.2 Å². The van der Waals surface area contributed by atoms with Gasteiger partial charge in [0.25, 0.3) is 5.91 Å². The molecule has 1 amide bonds. The van der Waals surface area contributed by atoms with Crippen LogP contribution in [0.4, 0.5) is 0 Å². The van der Waals surface area contributed by atoms with Gasteiger partial charge in [-0.3, -0.25) is 4.79 Å². The molecule has 0 aliphatic carbocycles. The molecule has 2 heterocycles. The topological polar surface area (TPSA) is 50.8 Å². The second-order valence-electron chi connectivity index (χ2n) is 6.03. The van der Waals surface area contributed by atoms with E-state index in [1.165, 1.54) is 0 Å². The lowest BCUT2D eigenvalue weighted by Gasteiger charge is -2.34. The van der Waals surface area contributed by atoms with E-state index in [4.69, 9.17) is 9.47 Å². The molecule has 5 heteroatoms. The molecule has 2 saturated heterocycles. The van der Waals surface area contributed by atoms with E-state index in [0.717, 1.165) is 44.8 Å². The van der Waals surface area contributed by atoms with Gasteiger partial charge in [-0.25, -0.2) is 0 Å². The van der Waals surface area contributed by atoms with Crippen LogP contribution < -0.4 is 10.1 Å². The van der Waals surface area contributed by atoms with Gasteiger partial charge < -0.3 is 19.7 Å². The van der Waals surface area contributed by atoms with Gasteiger partial charge in [-0.15, -0.1) is 0 Å². The number of nitrogens with zero attached hydrogens (tertiary/aromatic N) is 1. The first kappa shape index (κ1) is 15.3. The SMILES string of the molecule is CC1CNCCN1C(=O)c1cccc(OCC2CCCO2)c1. The van der Waals surface area contributed by atoms with E-state index in [2.05, 4.69) is 12.2 Å². The molecule has 1 aromatic carbocycles. The highest BCUT2D eigenvalue weighted by Crippen LogP contribution is 2.19. The molecule has 2 fully saturated rings. The number of carbonyl (C=O) groups excluding carboxylic acids is 1. The average Bonchev–Trinajstić information content (AvgIpc) is 3.06. The molecule has 0 aromatic heterocycles. The lowest BCUT2D eigenvalue weighted by atomic mass is 10.1. The molecule has 1 aromatic rings. The van der Waals surface area contributed by atoms with E-state index < -0.39 is 0 Å². The van der Waals surface area contributed by atoms with Crippen LogP contribution in [0, 0.1) is 0 Å². The maximum atomic E-state index is 12.6. The van der Waals surface area contributed by atoms with Crippen molar-refractivity contribution in [3.05, 3.63) is 29.8 Å². The number of hydrogen-bond acceptors (Lipinski definition) is 4. The minimum Gasteiger partial charge on any atom is -0.491 e. The first-order valence-electron chi connectivity index (χ1n) is 8.10. The van der Waals surface area contributed by atoms with Crippen molar-refractivity contribution in [1.29, 1.82) is 0 Å². The predicted octanol–water partition coefficient (Wildman–Crippen LogP) is 1.68. The Morgan fingerprint density at radius 3 is 3.18 bits per heavy atom. The zero-order chi connectivity index (χ0) is 15.4. The van der Waals surface area contributed by atoms with Crippen LogP contribution in [0.5, 0.6) is 5.75 Å². The fourth-order valence-electron chi connectivity index (χ4n) is 2.99. The predicted molar refractivity (Wildman–Crippen MR) is 84.3 cm³/mol. The van der Waals surface area contributed by atoms with E-state index in [0.29, 0.717) is 12.2 Å². The molecular weight excluding hydrogens is 280 g/mol. The molecule has 22 heavy (non-hydrogen) atoms. The van der Waals surface area contributed by atoms with Crippen molar-refractivity contribution < 1.29 is 14.3 Å². The Labute approximate surface area is 131 Å². The molecule has 0 spiro atoms. The van der Waals surface area contributed by atoms with Crippen LogP contribution in [0.1, 0.15) is 30.1 Å². The van der Waals surface area contributed by atoms with Gasteiger partial charge in [0.05, 0.1) is 6.10 Å². The second kappa shape index (κ2) is 7.11. The van der Waals surface area contributed by atoms with Gasteiger partial charge in [-0.05, 0) is 38.0 Å². The second-order valence-corrected chi connectivity index (χ2v) is 6.03. The Hall–Kier alpha value is -1.59. The molecule has 0 radical (unpaired) electrons. The van der Waals surface area contributed by atoms with Crippen LogP contribution >= 0.6 is 0 Å². The third kappa shape index (κ3) is 3.59. The normalized spacial score (nSPS) is 25.2.